The van der Waals surface area contributed by atoms with Crippen LogP contribution in [0.4, 0.5) is 10.5 Å². The lowest BCUT2D eigenvalue weighted by Gasteiger charge is -2.15. The number of benzene rings is 1. The summed E-state index contributed by atoms with van der Waals surface area (Å²) in [4.78, 5) is 16.7. The minimum atomic E-state index is -3.50. The molecule has 2 aromatic rings. The second kappa shape index (κ2) is 7.13. The molecule has 0 radical (unpaired) electrons. The van der Waals surface area contributed by atoms with Crippen molar-refractivity contribution in [3.8, 4) is 0 Å². The van der Waals surface area contributed by atoms with Crippen LogP contribution in [0.25, 0.3) is 0 Å². The number of nitrogens with one attached hydrogen (secondary N) is 1. The molecule has 2 aliphatic rings. The van der Waals surface area contributed by atoms with Gasteiger partial charge in [-0.3, -0.25) is 0 Å². The van der Waals surface area contributed by atoms with Crippen LogP contribution in [-0.4, -0.2) is 25.4 Å². The second-order valence-electron chi connectivity index (χ2n) is 8.00. The molecule has 2 amide bonds. The van der Waals surface area contributed by atoms with Crippen molar-refractivity contribution in [1.29, 1.82) is 0 Å². The van der Waals surface area contributed by atoms with Crippen LogP contribution in [0.1, 0.15) is 60.1 Å². The summed E-state index contributed by atoms with van der Waals surface area (Å²) in [7, 11) is -3.50. The largest absolute Gasteiger partial charge is 0.388 e. The number of rotatable bonds is 3. The molecule has 0 aliphatic heterocycles. The Kier molecular flexibility index (Phi) is 5.02. The first kappa shape index (κ1) is 20.4. The number of aryl methyl sites for hydroxylation is 1. The summed E-state index contributed by atoms with van der Waals surface area (Å²) in [5, 5.41) is 29.2. The normalized spacial score (nSPS) is 20.1. The van der Waals surface area contributed by atoms with Crippen molar-refractivity contribution in [3.63, 3.8) is 0 Å². The van der Waals surface area contributed by atoms with Crippen LogP contribution in [0.2, 0.25) is 0 Å². The summed E-state index contributed by atoms with van der Waals surface area (Å²) in [6.07, 6.45) is 4.78. The maximum absolute atomic E-state index is 12.8. The topological polar surface area (TPSA) is 138 Å². The van der Waals surface area contributed by atoms with Crippen molar-refractivity contribution in [3.05, 3.63) is 39.5 Å². The van der Waals surface area contributed by atoms with E-state index in [1.165, 1.54) is 6.20 Å². The Morgan fingerprint density at radius 1 is 1.38 bits per heavy atom. The lowest BCUT2D eigenvalue weighted by molar-refractivity contribution is 0.0783. The molecular formula is C19H24N4O4S2. The average molecular weight is 437 g/mol. The van der Waals surface area contributed by atoms with Gasteiger partial charge in [-0.15, -0.1) is 15.7 Å². The number of urea groups is 1. The second-order valence-corrected chi connectivity index (χ2v) is 11.0. The molecule has 4 rings (SSSR count). The summed E-state index contributed by atoms with van der Waals surface area (Å²) in [6, 6.07) is 1.25. The fraction of sp³-hybridized carbons (Fsp3) is 0.474. The van der Waals surface area contributed by atoms with Gasteiger partial charge in [-0.25, -0.2) is 19.1 Å². The fourth-order valence-electron chi connectivity index (χ4n) is 3.94. The zero-order chi connectivity index (χ0) is 21.0. The standard InChI is InChI=1S/C19H24N4O4S2/c1-19(2,26)17-21-9-15(28-17)29(20,27)23-18(25)22-16-11-5-3-4-10(11)8-13-12(16)6-7-14(13)24/h8-9,14,24,26H,3-7H2,1-2H3,(H3,20,22,23,25,27)/t14-,29-/m0/s1. The summed E-state index contributed by atoms with van der Waals surface area (Å²) < 4.78 is 16.7. The molecule has 0 fully saturated rings. The summed E-state index contributed by atoms with van der Waals surface area (Å²) in [5.74, 6) is 0. The predicted octanol–water partition coefficient (Wildman–Crippen LogP) is 2.77. The first-order valence-corrected chi connectivity index (χ1v) is 11.9. The summed E-state index contributed by atoms with van der Waals surface area (Å²) in [6.45, 7) is 3.12. The Morgan fingerprint density at radius 3 is 2.83 bits per heavy atom. The van der Waals surface area contributed by atoms with Crippen LogP contribution in [0.5, 0.6) is 0 Å². The third-order valence-electron chi connectivity index (χ3n) is 5.32. The molecule has 156 valence electrons. The Hall–Kier alpha value is -1.85. The predicted molar refractivity (Wildman–Crippen MR) is 111 cm³/mol. The number of aliphatic hydroxyl groups excluding tert-OH is 1. The molecule has 2 aliphatic carbocycles. The van der Waals surface area contributed by atoms with Crippen LogP contribution >= 0.6 is 11.3 Å². The molecule has 0 spiro atoms. The minimum absolute atomic E-state index is 0.128. The van der Waals surface area contributed by atoms with Gasteiger partial charge in [0.2, 0.25) is 0 Å². The van der Waals surface area contributed by atoms with Gasteiger partial charge in [0.05, 0.1) is 12.3 Å². The van der Waals surface area contributed by atoms with Crippen molar-refractivity contribution < 1.29 is 19.2 Å². The van der Waals surface area contributed by atoms with Crippen molar-refractivity contribution >= 4 is 33.0 Å². The molecule has 0 unspecified atom stereocenters. The number of nitrogens with two attached hydrogens (primary N) is 1. The number of anilines is 1. The van der Waals surface area contributed by atoms with Gasteiger partial charge in [-0.1, -0.05) is 6.07 Å². The molecule has 0 saturated heterocycles. The molecule has 5 N–H and O–H groups in total. The lowest BCUT2D eigenvalue weighted by Crippen LogP contribution is -2.18. The highest BCUT2D eigenvalue weighted by Gasteiger charge is 2.29. The molecular weight excluding hydrogens is 412 g/mol. The van der Waals surface area contributed by atoms with Crippen molar-refractivity contribution in [2.75, 3.05) is 5.32 Å². The van der Waals surface area contributed by atoms with E-state index in [0.717, 1.165) is 52.9 Å². The molecule has 1 aromatic carbocycles. The van der Waals surface area contributed by atoms with Gasteiger partial charge < -0.3 is 15.5 Å². The maximum atomic E-state index is 12.8. The number of aliphatic hydroxyl groups is 2. The van der Waals surface area contributed by atoms with Crippen molar-refractivity contribution in [1.82, 2.24) is 4.98 Å². The van der Waals surface area contributed by atoms with Gasteiger partial charge in [0, 0.05) is 5.69 Å². The number of carbonyl (C=O) groups excluding carboxylic acids is 1. The van der Waals surface area contributed by atoms with Gasteiger partial charge in [-0.05, 0) is 68.2 Å². The van der Waals surface area contributed by atoms with Crippen LogP contribution in [0.3, 0.4) is 0 Å². The van der Waals surface area contributed by atoms with Gasteiger partial charge >= 0.3 is 6.03 Å². The first-order valence-electron chi connectivity index (χ1n) is 9.46. The van der Waals surface area contributed by atoms with E-state index in [1.807, 2.05) is 6.07 Å². The highest BCUT2D eigenvalue weighted by atomic mass is 32.2. The molecule has 0 bridgehead atoms. The van der Waals surface area contributed by atoms with E-state index >= 15 is 0 Å². The first-order chi connectivity index (χ1) is 13.6. The fourth-order valence-corrected chi connectivity index (χ4v) is 6.01. The van der Waals surface area contributed by atoms with Crippen molar-refractivity contribution in [2.24, 2.45) is 9.50 Å². The lowest BCUT2D eigenvalue weighted by atomic mass is 9.98. The Morgan fingerprint density at radius 2 is 2.14 bits per heavy atom. The van der Waals surface area contributed by atoms with Crippen LogP contribution < -0.4 is 10.5 Å². The molecule has 0 saturated carbocycles. The number of carbonyl (C=O) groups is 1. The van der Waals surface area contributed by atoms with Crippen molar-refractivity contribution in [2.45, 2.75) is 61.9 Å². The Bertz CT molecular complexity index is 1110. The van der Waals surface area contributed by atoms with E-state index in [0.29, 0.717) is 23.5 Å². The number of aromatic nitrogens is 1. The number of amides is 2. The van der Waals surface area contributed by atoms with E-state index in [-0.39, 0.29) is 4.21 Å². The van der Waals surface area contributed by atoms with Gasteiger partial charge in [0.25, 0.3) is 0 Å². The monoisotopic (exact) mass is 436 g/mol. The van der Waals surface area contributed by atoms with Crippen LogP contribution in [0, 0.1) is 0 Å². The van der Waals surface area contributed by atoms with Crippen LogP contribution in [0.15, 0.2) is 20.8 Å². The molecule has 29 heavy (non-hydrogen) atoms. The quantitative estimate of drug-likeness (QED) is 0.586. The molecule has 10 heteroatoms. The molecule has 1 heterocycles. The van der Waals surface area contributed by atoms with E-state index in [4.69, 9.17) is 5.14 Å². The van der Waals surface area contributed by atoms with E-state index in [1.54, 1.807) is 13.8 Å². The Labute approximate surface area is 173 Å². The number of hydrogen-bond donors (Lipinski definition) is 4. The highest BCUT2D eigenvalue weighted by Crippen LogP contribution is 2.42. The molecule has 8 nitrogen and oxygen atoms in total. The maximum Gasteiger partial charge on any atom is 0.354 e. The third kappa shape index (κ3) is 3.82. The van der Waals surface area contributed by atoms with Crippen LogP contribution in [-0.2, 0) is 34.8 Å². The number of fused-ring (bicyclic) bond motifs is 2. The average Bonchev–Trinajstić information content (AvgIpc) is 3.33. The summed E-state index contributed by atoms with van der Waals surface area (Å²) in [5.41, 5.74) is 3.45. The number of nitrogens with zero attached hydrogens (tertiary/aromatic N) is 2. The minimum Gasteiger partial charge on any atom is -0.388 e. The third-order valence-corrected chi connectivity index (χ3v) is 8.51. The smallest absolute Gasteiger partial charge is 0.354 e. The zero-order valence-electron chi connectivity index (χ0n) is 16.3. The highest BCUT2D eigenvalue weighted by molar-refractivity contribution is 7.93. The van der Waals surface area contributed by atoms with E-state index in [2.05, 4.69) is 14.7 Å². The van der Waals surface area contributed by atoms with Gasteiger partial charge in [0.1, 0.15) is 14.8 Å². The van der Waals surface area contributed by atoms with E-state index in [9.17, 15) is 19.2 Å². The zero-order valence-corrected chi connectivity index (χ0v) is 17.9. The SMILES string of the molecule is CC(C)(O)c1ncc([S@@](N)(=O)=NC(=O)Nc2c3c(cc4c2CC[C@@H]4O)CCC3)s1. The number of hydrogen-bond acceptors (Lipinski definition) is 6. The van der Waals surface area contributed by atoms with Gasteiger partial charge in [0.15, 0.2) is 9.92 Å². The number of thiazole rings is 1. The summed E-state index contributed by atoms with van der Waals surface area (Å²) >= 11 is 0.967. The Balaban J connectivity index is 1.66. The van der Waals surface area contributed by atoms with E-state index < -0.39 is 27.7 Å². The molecule has 2 atom stereocenters. The molecule has 1 aromatic heterocycles. The van der Waals surface area contributed by atoms with Gasteiger partial charge in [-0.2, -0.15) is 0 Å².